The molecule has 0 saturated carbocycles. The van der Waals surface area contributed by atoms with E-state index in [-0.39, 0.29) is 17.2 Å². The van der Waals surface area contributed by atoms with Crippen LogP contribution < -0.4 is 15.4 Å². The summed E-state index contributed by atoms with van der Waals surface area (Å²) in [6.07, 6.45) is 4.87. The smallest absolute Gasteiger partial charge is 0.251 e. The molecule has 3 aromatic rings. The van der Waals surface area contributed by atoms with Crippen molar-refractivity contribution in [2.24, 2.45) is 0 Å². The van der Waals surface area contributed by atoms with Crippen LogP contribution in [0.15, 0.2) is 72.9 Å². The van der Waals surface area contributed by atoms with Crippen LogP contribution >= 0.6 is 0 Å². The van der Waals surface area contributed by atoms with Crippen molar-refractivity contribution in [2.45, 2.75) is 32.2 Å². The zero-order valence-corrected chi connectivity index (χ0v) is 19.7. The molecule has 1 amide bonds. The van der Waals surface area contributed by atoms with E-state index in [4.69, 9.17) is 4.74 Å². The Kier molecular flexibility index (Phi) is 6.77. The second kappa shape index (κ2) is 9.91. The minimum atomic E-state index is -0.176. The Morgan fingerprint density at radius 2 is 1.85 bits per heavy atom. The van der Waals surface area contributed by atoms with Crippen molar-refractivity contribution in [1.82, 2.24) is 15.6 Å². The number of carbonyl (C=O) groups is 2. The Balaban J connectivity index is 1.46. The molecule has 0 aliphatic carbocycles. The van der Waals surface area contributed by atoms with E-state index in [1.807, 2.05) is 30.3 Å². The molecule has 2 aromatic carbocycles. The van der Waals surface area contributed by atoms with E-state index in [0.717, 1.165) is 29.1 Å². The van der Waals surface area contributed by atoms with E-state index in [9.17, 15) is 9.59 Å². The van der Waals surface area contributed by atoms with E-state index in [1.165, 1.54) is 5.56 Å². The van der Waals surface area contributed by atoms with E-state index >= 15 is 0 Å². The molecule has 1 aromatic heterocycles. The monoisotopic (exact) mass is 455 g/mol. The lowest BCUT2D eigenvalue weighted by Gasteiger charge is -2.35. The third kappa shape index (κ3) is 5.52. The summed E-state index contributed by atoms with van der Waals surface area (Å²) >= 11 is 0. The quantitative estimate of drug-likeness (QED) is 0.412. The normalized spacial score (nSPS) is 15.2. The molecular formula is C28H29N3O3. The van der Waals surface area contributed by atoms with Crippen molar-refractivity contribution in [3.63, 3.8) is 0 Å². The van der Waals surface area contributed by atoms with E-state index < -0.39 is 0 Å². The topological polar surface area (TPSA) is 80.3 Å². The Morgan fingerprint density at radius 3 is 2.56 bits per heavy atom. The highest BCUT2D eigenvalue weighted by Crippen LogP contribution is 2.32. The van der Waals surface area contributed by atoms with E-state index in [2.05, 4.69) is 35.5 Å². The summed E-state index contributed by atoms with van der Waals surface area (Å²) < 4.78 is 5.38. The summed E-state index contributed by atoms with van der Waals surface area (Å²) in [6, 6.07) is 18.4. The number of benzene rings is 2. The lowest BCUT2D eigenvalue weighted by atomic mass is 9.85. The van der Waals surface area contributed by atoms with Gasteiger partial charge in [-0.15, -0.1) is 0 Å². The van der Waals surface area contributed by atoms with Gasteiger partial charge in [-0.3, -0.25) is 14.6 Å². The van der Waals surface area contributed by atoms with Gasteiger partial charge in [0.25, 0.3) is 5.91 Å². The summed E-state index contributed by atoms with van der Waals surface area (Å²) in [5, 5.41) is 6.38. The molecule has 2 heterocycles. The van der Waals surface area contributed by atoms with Crippen LogP contribution in [0.3, 0.4) is 0 Å². The Bertz CT molecular complexity index is 1220. The molecule has 0 saturated heterocycles. The minimum Gasteiger partial charge on any atom is -0.497 e. The second-order valence-corrected chi connectivity index (χ2v) is 9.04. The maximum Gasteiger partial charge on any atom is 0.251 e. The van der Waals surface area contributed by atoms with Gasteiger partial charge in [0, 0.05) is 58.9 Å². The number of rotatable bonds is 7. The number of nitrogens with one attached hydrogen (secondary N) is 2. The number of amides is 1. The molecule has 1 aliphatic heterocycles. The molecule has 174 valence electrons. The van der Waals surface area contributed by atoms with Crippen molar-refractivity contribution in [1.29, 1.82) is 0 Å². The average molecular weight is 456 g/mol. The number of carbonyl (C=O) groups excluding carboxylic acids is 2. The summed E-state index contributed by atoms with van der Waals surface area (Å²) in [7, 11) is 1.63. The largest absolute Gasteiger partial charge is 0.497 e. The number of aromatic nitrogens is 1. The van der Waals surface area contributed by atoms with Crippen molar-refractivity contribution in [2.75, 3.05) is 13.7 Å². The highest BCUT2D eigenvalue weighted by molar-refractivity contribution is 6.09. The number of methoxy groups -OCH3 is 1. The van der Waals surface area contributed by atoms with Crippen LogP contribution in [-0.2, 0) is 12.8 Å². The fourth-order valence-corrected chi connectivity index (χ4v) is 4.11. The first-order valence-electron chi connectivity index (χ1n) is 11.3. The van der Waals surface area contributed by atoms with Crippen LogP contribution in [0.1, 0.15) is 51.4 Å². The molecule has 6 heteroatoms. The molecule has 0 fully saturated rings. The molecule has 0 spiro atoms. The summed E-state index contributed by atoms with van der Waals surface area (Å²) in [6.45, 7) is 4.71. The van der Waals surface area contributed by atoms with Gasteiger partial charge in [-0.05, 0) is 62.2 Å². The Morgan fingerprint density at radius 1 is 1.09 bits per heavy atom. The van der Waals surface area contributed by atoms with Crippen molar-refractivity contribution in [3.05, 3.63) is 101 Å². The summed E-state index contributed by atoms with van der Waals surface area (Å²) in [4.78, 5) is 29.7. The fraction of sp³-hybridized carbons (Fsp3) is 0.250. The lowest BCUT2D eigenvalue weighted by Crippen LogP contribution is -2.43. The van der Waals surface area contributed by atoms with Crippen LogP contribution in [-0.4, -0.2) is 35.9 Å². The molecule has 0 radical (unpaired) electrons. The maximum atomic E-state index is 13.0. The van der Waals surface area contributed by atoms with Crippen molar-refractivity contribution < 1.29 is 14.3 Å². The number of ketones is 1. The lowest BCUT2D eigenvalue weighted by molar-refractivity contribution is 0.0952. The van der Waals surface area contributed by atoms with Crippen LogP contribution in [0.2, 0.25) is 0 Å². The fourth-order valence-electron chi connectivity index (χ4n) is 4.11. The van der Waals surface area contributed by atoms with Gasteiger partial charge in [-0.25, -0.2) is 0 Å². The highest BCUT2D eigenvalue weighted by Gasteiger charge is 2.28. The zero-order chi connectivity index (χ0) is 24.1. The minimum absolute atomic E-state index is 0.129. The first-order chi connectivity index (χ1) is 16.3. The molecule has 4 rings (SSSR count). The molecule has 34 heavy (non-hydrogen) atoms. The van der Waals surface area contributed by atoms with E-state index in [0.29, 0.717) is 24.1 Å². The molecule has 0 atom stereocenters. The highest BCUT2D eigenvalue weighted by atomic mass is 16.5. The van der Waals surface area contributed by atoms with Gasteiger partial charge in [0.15, 0.2) is 5.78 Å². The number of hydrogen-bond acceptors (Lipinski definition) is 5. The van der Waals surface area contributed by atoms with Crippen LogP contribution in [0.4, 0.5) is 0 Å². The number of pyridine rings is 1. The van der Waals surface area contributed by atoms with E-state index in [1.54, 1.807) is 43.6 Å². The number of nitrogens with zero attached hydrogens (tertiary/aromatic N) is 1. The van der Waals surface area contributed by atoms with Gasteiger partial charge in [0.1, 0.15) is 5.75 Å². The van der Waals surface area contributed by atoms with Crippen LogP contribution in [0.5, 0.6) is 5.75 Å². The first-order valence-corrected chi connectivity index (χ1v) is 11.3. The summed E-state index contributed by atoms with van der Waals surface area (Å²) in [5.74, 6) is 0.443. The standard InChI is InChI=1S/C28H29N3O3/c1-28(2)18-21-11-12-23(34-3)16-24(21)25(31-28)17-26(32)19-7-9-20(10-8-19)27(33)30-15-13-22-6-4-5-14-29-22/h4-12,14,16-17,31H,13,15,18H2,1-3H3,(H,30,33)/b25-17-. The Hall–Kier alpha value is -3.93. The van der Waals surface area contributed by atoms with Gasteiger partial charge in [-0.1, -0.05) is 24.3 Å². The Labute approximate surface area is 200 Å². The third-order valence-electron chi connectivity index (χ3n) is 5.81. The number of fused-ring (bicyclic) bond motifs is 1. The first kappa shape index (κ1) is 23.2. The molecule has 2 N–H and O–H groups in total. The molecule has 0 unspecified atom stereocenters. The van der Waals surface area contributed by atoms with Gasteiger partial charge >= 0.3 is 0 Å². The predicted molar refractivity (Wildman–Crippen MR) is 133 cm³/mol. The van der Waals surface area contributed by atoms with Gasteiger partial charge in [0.2, 0.25) is 0 Å². The van der Waals surface area contributed by atoms with Gasteiger partial charge < -0.3 is 15.4 Å². The third-order valence-corrected chi connectivity index (χ3v) is 5.81. The van der Waals surface area contributed by atoms with Gasteiger partial charge in [-0.2, -0.15) is 0 Å². The number of allylic oxidation sites excluding steroid dienone is 1. The predicted octanol–water partition coefficient (Wildman–Crippen LogP) is 4.21. The van der Waals surface area contributed by atoms with Gasteiger partial charge in [0.05, 0.1) is 7.11 Å². The average Bonchev–Trinajstić information content (AvgIpc) is 2.84. The summed E-state index contributed by atoms with van der Waals surface area (Å²) in [5.41, 5.74) is 4.69. The molecule has 6 nitrogen and oxygen atoms in total. The van der Waals surface area contributed by atoms with Crippen molar-refractivity contribution in [3.8, 4) is 5.75 Å². The maximum absolute atomic E-state index is 13.0. The molecule has 0 bridgehead atoms. The van der Waals surface area contributed by atoms with Crippen LogP contribution in [0, 0.1) is 0 Å². The van der Waals surface area contributed by atoms with Crippen molar-refractivity contribution >= 4 is 17.4 Å². The molecular weight excluding hydrogens is 426 g/mol. The molecule has 1 aliphatic rings. The van der Waals surface area contributed by atoms with Crippen LogP contribution in [0.25, 0.3) is 5.70 Å². The number of hydrogen-bond donors (Lipinski definition) is 2. The number of ether oxygens (including phenoxy) is 1. The SMILES string of the molecule is COc1ccc2c(c1)/C(=C/C(=O)c1ccc(C(=O)NCCc3ccccn3)cc1)NC(C)(C)C2. The zero-order valence-electron chi connectivity index (χ0n) is 19.7. The second-order valence-electron chi connectivity index (χ2n) is 9.04.